The van der Waals surface area contributed by atoms with Crippen LogP contribution in [0.5, 0.6) is 0 Å². The molecule has 0 aromatic carbocycles. The van der Waals surface area contributed by atoms with Crippen molar-refractivity contribution in [1.82, 2.24) is 0 Å². The van der Waals surface area contributed by atoms with Crippen molar-refractivity contribution in [1.29, 1.82) is 0 Å². The van der Waals surface area contributed by atoms with Crippen LogP contribution in [0.1, 0.15) is 0 Å². The van der Waals surface area contributed by atoms with Crippen LogP contribution in [-0.4, -0.2) is 7.07 Å². The van der Waals surface area contributed by atoms with Crippen LogP contribution in [0.15, 0.2) is 0 Å². The summed E-state index contributed by atoms with van der Waals surface area (Å²) in [5.41, 5.74) is 0. The van der Waals surface area contributed by atoms with Crippen LogP contribution in [0.3, 0.4) is 0 Å². The van der Waals surface area contributed by atoms with Crippen LogP contribution < -0.4 is 0 Å². The molecule has 0 aliphatic carbocycles. The highest BCUT2D eigenvalue weighted by Gasteiger charge is 2.69. The SMILES string of the molecule is ClC(Cl)(Cl)[P+](Cl)(Cl)C(Cl)(Cl)Cl. The van der Waals surface area contributed by atoms with Gasteiger partial charge in [-0.1, -0.05) is 0 Å². The first-order valence-corrected chi connectivity index (χ1v) is 7.79. The molecule has 68 valence electrons. The normalized spacial score (nSPS) is 15.3. The third kappa shape index (κ3) is 3.42. The van der Waals surface area contributed by atoms with Gasteiger partial charge >= 0.3 is 13.0 Å². The summed E-state index contributed by atoms with van der Waals surface area (Å²) in [4.78, 5) is 0. The summed E-state index contributed by atoms with van der Waals surface area (Å²) >= 11 is 43.4. The zero-order valence-electron chi connectivity index (χ0n) is 4.47. The largest absolute Gasteiger partial charge is 0.336 e. The van der Waals surface area contributed by atoms with Gasteiger partial charge < -0.3 is 0 Å². The van der Waals surface area contributed by atoms with Crippen LogP contribution in [0.2, 0.25) is 0 Å². The van der Waals surface area contributed by atoms with Gasteiger partial charge in [0.2, 0.25) is 0 Å². The quantitative estimate of drug-likeness (QED) is 0.377. The standard InChI is InChI=1S/C2Cl8P/c3-1(4,5)11(9,10)2(6,7)8/q+1. The second-order valence-corrected chi connectivity index (χ2v) is 13.5. The number of alkyl halides is 6. The summed E-state index contributed by atoms with van der Waals surface area (Å²) in [5, 5.41) is 0. The number of rotatable bonds is 0. The van der Waals surface area contributed by atoms with E-state index in [-0.39, 0.29) is 0 Å². The fourth-order valence-corrected chi connectivity index (χ4v) is 3.88. The predicted octanol–water partition coefficient (Wildman–Crippen LogP) is 5.97. The van der Waals surface area contributed by atoms with E-state index in [1.807, 2.05) is 0 Å². The molecule has 0 atom stereocenters. The van der Waals surface area contributed by atoms with Crippen molar-refractivity contribution in [2.24, 2.45) is 0 Å². The van der Waals surface area contributed by atoms with Gasteiger partial charge in [-0.3, -0.25) is 0 Å². The lowest BCUT2D eigenvalue weighted by molar-refractivity contribution is 1.61. The maximum atomic E-state index is 5.57. The van der Waals surface area contributed by atoms with E-state index in [0.29, 0.717) is 0 Å². The third-order valence-electron chi connectivity index (χ3n) is 0.637. The highest BCUT2D eigenvalue weighted by Crippen LogP contribution is 2.91. The zero-order valence-corrected chi connectivity index (χ0v) is 11.4. The number of halogens is 8. The lowest BCUT2D eigenvalue weighted by atomic mass is 11.8. The molecule has 0 saturated carbocycles. The van der Waals surface area contributed by atoms with Gasteiger partial charge in [0.05, 0.1) is 0 Å². The molecular weight excluding hydrogens is 339 g/mol. The smallest absolute Gasteiger partial charge is 0.0370 e. The molecule has 0 rings (SSSR count). The van der Waals surface area contributed by atoms with Crippen LogP contribution in [0, 0.1) is 0 Å². The molecule has 9 heteroatoms. The molecule has 0 saturated heterocycles. The van der Waals surface area contributed by atoms with Gasteiger partial charge in [-0.15, -0.1) is 0 Å². The summed E-state index contributed by atoms with van der Waals surface area (Å²) in [5.74, 6) is -3.27. The maximum Gasteiger partial charge on any atom is 0.336 e. The molecule has 0 aromatic rings. The first-order valence-electron chi connectivity index (χ1n) is 1.92. The molecule has 0 heterocycles. The minimum atomic E-state index is -3.27. The van der Waals surface area contributed by atoms with E-state index < -0.39 is 13.0 Å². The Hall–Kier alpha value is 2.75. The average Bonchev–Trinajstić information content (AvgIpc) is 1.58. The Morgan fingerprint density at radius 1 is 0.636 bits per heavy atom. The summed E-state index contributed by atoms with van der Waals surface area (Å²) in [6.07, 6.45) is 0. The van der Waals surface area contributed by atoms with Crippen molar-refractivity contribution in [3.05, 3.63) is 0 Å². The van der Waals surface area contributed by atoms with E-state index >= 15 is 0 Å². The highest BCUT2D eigenvalue weighted by molar-refractivity contribution is 8.23. The molecule has 0 unspecified atom stereocenters. The topological polar surface area (TPSA) is 0 Å². The Balaban J connectivity index is 4.75. The Labute approximate surface area is 104 Å². The van der Waals surface area contributed by atoms with Crippen molar-refractivity contribution >= 4 is 98.1 Å². The highest BCUT2D eigenvalue weighted by atomic mass is 35.9. The van der Waals surface area contributed by atoms with Gasteiger partial charge in [-0.25, -0.2) is 0 Å². The van der Waals surface area contributed by atoms with E-state index in [0.717, 1.165) is 0 Å². The molecule has 11 heavy (non-hydrogen) atoms. The van der Waals surface area contributed by atoms with Crippen LogP contribution in [-0.2, 0) is 0 Å². The fourth-order valence-electron chi connectivity index (χ4n) is 0.144. The van der Waals surface area contributed by atoms with Crippen LogP contribution in [0.25, 0.3) is 0 Å². The maximum absolute atomic E-state index is 5.57. The van der Waals surface area contributed by atoms with E-state index in [9.17, 15) is 0 Å². The van der Waals surface area contributed by atoms with E-state index in [1.54, 1.807) is 0 Å². The molecule has 0 aromatic heterocycles. The Bertz CT molecular complexity index is 123. The molecular formula is C2Cl8P+. The molecule has 0 fully saturated rings. The van der Waals surface area contributed by atoms with Crippen molar-refractivity contribution in [3.8, 4) is 0 Å². The Morgan fingerprint density at radius 2 is 0.818 bits per heavy atom. The van der Waals surface area contributed by atoms with E-state index in [1.165, 1.54) is 0 Å². The van der Waals surface area contributed by atoms with Crippen LogP contribution >= 0.6 is 98.1 Å². The van der Waals surface area contributed by atoms with Crippen molar-refractivity contribution in [2.45, 2.75) is 7.07 Å². The fraction of sp³-hybridized carbons (Fsp3) is 1.00. The Kier molecular flexibility index (Phi) is 5.11. The minimum absolute atomic E-state index is 1.96. The lowest BCUT2D eigenvalue weighted by Crippen LogP contribution is -2.14. The summed E-state index contributed by atoms with van der Waals surface area (Å²) in [7, 11) is 0. The molecule has 0 N–H and O–H groups in total. The first-order chi connectivity index (χ1) is 4.50. The van der Waals surface area contributed by atoms with E-state index in [4.69, 9.17) is 92.1 Å². The first kappa shape index (κ1) is 13.8. The zero-order chi connectivity index (χ0) is 9.50. The van der Waals surface area contributed by atoms with Gasteiger partial charge in [-0.05, 0) is 69.6 Å². The number of hydrogen-bond donors (Lipinski definition) is 0. The van der Waals surface area contributed by atoms with Gasteiger partial charge in [0.25, 0.3) is 0 Å². The van der Waals surface area contributed by atoms with Crippen LogP contribution in [0.4, 0.5) is 0 Å². The third-order valence-corrected chi connectivity index (χ3v) is 12.6. The summed E-state index contributed by atoms with van der Waals surface area (Å²) < 4.78 is -3.91. The van der Waals surface area contributed by atoms with Crippen molar-refractivity contribution in [2.75, 3.05) is 0 Å². The second kappa shape index (κ2) is 4.09. The monoisotopic (exact) mass is 335 g/mol. The second-order valence-electron chi connectivity index (χ2n) is 1.45. The van der Waals surface area contributed by atoms with Gasteiger partial charge in [-0.2, -0.15) is 0 Å². The predicted molar refractivity (Wildman–Crippen MR) is 59.2 cm³/mol. The summed E-state index contributed by atoms with van der Waals surface area (Å²) in [6, 6.07) is 0. The molecule has 0 aliphatic heterocycles. The molecule has 0 amide bonds. The molecule has 0 nitrogen and oxygen atoms in total. The minimum Gasteiger partial charge on any atom is -0.0370 e. The lowest BCUT2D eigenvalue weighted by Gasteiger charge is -2.22. The summed E-state index contributed by atoms with van der Waals surface area (Å²) in [6.45, 7) is 0. The number of hydrogen-bond acceptors (Lipinski definition) is 0. The molecule has 0 spiro atoms. The average molecular weight is 339 g/mol. The molecule has 0 radical (unpaired) electrons. The van der Waals surface area contributed by atoms with Gasteiger partial charge in [0.15, 0.2) is 0 Å². The van der Waals surface area contributed by atoms with E-state index in [2.05, 4.69) is 0 Å². The molecule has 0 aliphatic rings. The molecule has 0 bridgehead atoms. The van der Waals surface area contributed by atoms with Gasteiger partial charge in [0, 0.05) is 0 Å². The van der Waals surface area contributed by atoms with Gasteiger partial charge in [0.1, 0.15) is 22.5 Å². The van der Waals surface area contributed by atoms with Crippen molar-refractivity contribution < 1.29 is 0 Å². The Morgan fingerprint density at radius 3 is 0.818 bits per heavy atom. The van der Waals surface area contributed by atoms with Crippen molar-refractivity contribution in [3.63, 3.8) is 0 Å².